The van der Waals surface area contributed by atoms with Crippen LogP contribution in [0.5, 0.6) is 0 Å². The van der Waals surface area contributed by atoms with E-state index in [0.717, 1.165) is 55.0 Å². The Hall–Kier alpha value is -3.00. The highest BCUT2D eigenvalue weighted by Gasteiger charge is 2.23. The number of Topliss-reactive ketones (excluding diaryl/α,β-unsaturated/α-hetero) is 1. The van der Waals surface area contributed by atoms with Crippen LogP contribution < -0.4 is 10.2 Å². The largest absolute Gasteiger partial charge is 0.366 e. The van der Waals surface area contributed by atoms with Crippen LogP contribution in [-0.2, 0) is 19.4 Å². The molecule has 2 aliphatic rings. The summed E-state index contributed by atoms with van der Waals surface area (Å²) in [6.45, 7) is 4.44. The highest BCUT2D eigenvalue weighted by Crippen LogP contribution is 2.30. The number of halogens is 2. The molecule has 0 saturated carbocycles. The number of anilines is 1. The van der Waals surface area contributed by atoms with E-state index in [1.165, 1.54) is 0 Å². The minimum atomic E-state index is -0.113. The van der Waals surface area contributed by atoms with Crippen molar-refractivity contribution in [3.8, 4) is 0 Å². The minimum Gasteiger partial charge on any atom is -0.366 e. The van der Waals surface area contributed by atoms with Gasteiger partial charge in [0.05, 0.1) is 11.4 Å². The molecule has 36 heavy (non-hydrogen) atoms. The maximum atomic E-state index is 13.1. The standard InChI is InChI=1S/C27H27Cl2N5O2/c28-21-7-8-22(29)20(15-21)17-34-11-1-2-23-25(34)16-24(32-31-23)26(35)14-18-3-5-19(6-4-18)27(36)33-12-9-30-10-13-33/h3-8,15-16,30H,1-2,9-14,17H2. The number of rotatable bonds is 6. The molecule has 186 valence electrons. The summed E-state index contributed by atoms with van der Waals surface area (Å²) < 4.78 is 0. The first-order chi connectivity index (χ1) is 17.5. The molecule has 7 nitrogen and oxygen atoms in total. The lowest BCUT2D eigenvalue weighted by Crippen LogP contribution is -2.46. The molecule has 1 fully saturated rings. The van der Waals surface area contributed by atoms with Crippen LogP contribution in [0.3, 0.4) is 0 Å². The number of piperazine rings is 1. The number of aryl methyl sites for hydroxylation is 1. The average Bonchev–Trinajstić information content (AvgIpc) is 2.91. The number of fused-ring (bicyclic) bond motifs is 1. The SMILES string of the molecule is O=C(Cc1ccc(C(=O)N2CCNCC2)cc1)c1cc2c(nn1)CCCN2Cc1cc(Cl)ccc1Cl. The molecule has 2 aromatic carbocycles. The average molecular weight is 524 g/mol. The molecule has 3 aromatic rings. The number of nitrogens with zero attached hydrogens (tertiary/aromatic N) is 4. The van der Waals surface area contributed by atoms with Crippen LogP contribution in [0.15, 0.2) is 48.5 Å². The Kier molecular flexibility index (Phi) is 7.51. The van der Waals surface area contributed by atoms with Gasteiger partial charge >= 0.3 is 0 Å². The Morgan fingerprint density at radius 1 is 0.944 bits per heavy atom. The van der Waals surface area contributed by atoms with E-state index in [4.69, 9.17) is 23.2 Å². The molecule has 1 saturated heterocycles. The molecule has 5 rings (SSSR count). The van der Waals surface area contributed by atoms with E-state index < -0.39 is 0 Å². The first kappa shape index (κ1) is 24.7. The molecule has 0 spiro atoms. The first-order valence-electron chi connectivity index (χ1n) is 12.2. The molecule has 0 aliphatic carbocycles. The van der Waals surface area contributed by atoms with Gasteiger partial charge in [-0.1, -0.05) is 35.3 Å². The van der Waals surface area contributed by atoms with Gasteiger partial charge in [0, 0.05) is 61.3 Å². The molecule has 0 radical (unpaired) electrons. The van der Waals surface area contributed by atoms with Gasteiger partial charge in [-0.05, 0) is 60.4 Å². The Labute approximate surface area is 220 Å². The van der Waals surface area contributed by atoms with Crippen molar-refractivity contribution in [2.45, 2.75) is 25.8 Å². The first-order valence-corrected chi connectivity index (χ1v) is 12.9. The zero-order valence-electron chi connectivity index (χ0n) is 19.8. The Bertz CT molecular complexity index is 1280. The number of ketones is 1. The maximum Gasteiger partial charge on any atom is 0.253 e. The minimum absolute atomic E-state index is 0.0230. The Balaban J connectivity index is 1.29. The topological polar surface area (TPSA) is 78.4 Å². The van der Waals surface area contributed by atoms with Crippen LogP contribution in [0.4, 0.5) is 5.69 Å². The van der Waals surface area contributed by atoms with E-state index in [2.05, 4.69) is 20.4 Å². The molecule has 1 N–H and O–H groups in total. The lowest BCUT2D eigenvalue weighted by atomic mass is 10.0. The van der Waals surface area contributed by atoms with Gasteiger partial charge < -0.3 is 15.1 Å². The third-order valence-corrected chi connectivity index (χ3v) is 7.26. The fourth-order valence-corrected chi connectivity index (χ4v) is 5.05. The highest BCUT2D eigenvalue weighted by molar-refractivity contribution is 6.33. The van der Waals surface area contributed by atoms with Gasteiger partial charge in [-0.25, -0.2) is 0 Å². The van der Waals surface area contributed by atoms with E-state index >= 15 is 0 Å². The molecule has 3 heterocycles. The Morgan fingerprint density at radius 2 is 1.72 bits per heavy atom. The van der Waals surface area contributed by atoms with Gasteiger partial charge in [0.15, 0.2) is 5.78 Å². The van der Waals surface area contributed by atoms with Crippen molar-refractivity contribution in [1.82, 2.24) is 20.4 Å². The molecular formula is C27H27Cl2N5O2. The summed E-state index contributed by atoms with van der Waals surface area (Å²) in [6, 6.07) is 14.5. The third-order valence-electron chi connectivity index (χ3n) is 6.65. The van der Waals surface area contributed by atoms with E-state index in [9.17, 15) is 9.59 Å². The van der Waals surface area contributed by atoms with Crippen LogP contribution in [0, 0.1) is 0 Å². The van der Waals surface area contributed by atoms with Crippen LogP contribution in [0.25, 0.3) is 0 Å². The van der Waals surface area contributed by atoms with E-state index in [1.807, 2.05) is 29.2 Å². The van der Waals surface area contributed by atoms with Gasteiger partial charge in [-0.15, -0.1) is 5.10 Å². The molecule has 1 amide bonds. The lowest BCUT2D eigenvalue weighted by molar-refractivity contribution is 0.0735. The number of hydrogen-bond acceptors (Lipinski definition) is 6. The summed E-state index contributed by atoms with van der Waals surface area (Å²) in [5, 5.41) is 13.1. The molecule has 2 aliphatic heterocycles. The molecule has 1 aromatic heterocycles. The number of carbonyl (C=O) groups is 2. The number of benzene rings is 2. The zero-order valence-corrected chi connectivity index (χ0v) is 21.4. The van der Waals surface area contributed by atoms with Crippen molar-refractivity contribution in [3.05, 3.63) is 86.7 Å². The van der Waals surface area contributed by atoms with Crippen molar-refractivity contribution >= 4 is 40.6 Å². The van der Waals surface area contributed by atoms with E-state index in [-0.39, 0.29) is 18.1 Å². The summed E-state index contributed by atoms with van der Waals surface area (Å²) >= 11 is 12.6. The highest BCUT2D eigenvalue weighted by atomic mass is 35.5. The monoisotopic (exact) mass is 523 g/mol. The second-order valence-corrected chi connectivity index (χ2v) is 10.0. The van der Waals surface area contributed by atoms with Crippen LogP contribution in [-0.4, -0.2) is 59.5 Å². The van der Waals surface area contributed by atoms with Crippen molar-refractivity contribution in [3.63, 3.8) is 0 Å². The second kappa shape index (κ2) is 10.9. The van der Waals surface area contributed by atoms with Crippen LogP contribution in [0.2, 0.25) is 10.0 Å². The fourth-order valence-electron chi connectivity index (χ4n) is 4.68. The summed E-state index contributed by atoms with van der Waals surface area (Å²) in [7, 11) is 0. The quantitative estimate of drug-likeness (QED) is 0.487. The molecule has 0 atom stereocenters. The van der Waals surface area contributed by atoms with Crippen molar-refractivity contribution in [2.24, 2.45) is 0 Å². The number of nitrogens with one attached hydrogen (secondary N) is 1. The molecular weight excluding hydrogens is 497 g/mol. The number of hydrogen-bond donors (Lipinski definition) is 1. The van der Waals surface area contributed by atoms with E-state index in [0.29, 0.717) is 40.9 Å². The van der Waals surface area contributed by atoms with Crippen LogP contribution in [0.1, 0.15) is 44.1 Å². The smallest absolute Gasteiger partial charge is 0.253 e. The third kappa shape index (κ3) is 5.53. The molecule has 0 unspecified atom stereocenters. The summed E-state index contributed by atoms with van der Waals surface area (Å²) in [4.78, 5) is 29.8. The second-order valence-electron chi connectivity index (χ2n) is 9.16. The van der Waals surface area contributed by atoms with Crippen molar-refractivity contribution in [1.29, 1.82) is 0 Å². The van der Waals surface area contributed by atoms with Gasteiger partial charge in [-0.2, -0.15) is 5.10 Å². The zero-order chi connectivity index (χ0) is 25.1. The van der Waals surface area contributed by atoms with Gasteiger partial charge in [0.25, 0.3) is 5.91 Å². The predicted molar refractivity (Wildman–Crippen MR) is 141 cm³/mol. The van der Waals surface area contributed by atoms with Gasteiger partial charge in [-0.3, -0.25) is 9.59 Å². The predicted octanol–water partition coefficient (Wildman–Crippen LogP) is 4.21. The van der Waals surface area contributed by atoms with Crippen molar-refractivity contribution in [2.75, 3.05) is 37.6 Å². The number of aromatic nitrogens is 2. The summed E-state index contributed by atoms with van der Waals surface area (Å²) in [6.07, 6.45) is 1.96. The number of carbonyl (C=O) groups excluding carboxylic acids is 2. The summed E-state index contributed by atoms with van der Waals surface area (Å²) in [5.41, 5.74) is 4.52. The van der Waals surface area contributed by atoms with Crippen LogP contribution >= 0.6 is 23.2 Å². The van der Waals surface area contributed by atoms with Gasteiger partial charge in [0.1, 0.15) is 5.69 Å². The molecule has 9 heteroatoms. The summed E-state index contributed by atoms with van der Waals surface area (Å²) in [5.74, 6) is -0.0902. The van der Waals surface area contributed by atoms with Gasteiger partial charge in [0.2, 0.25) is 0 Å². The van der Waals surface area contributed by atoms with Crippen molar-refractivity contribution < 1.29 is 9.59 Å². The fraction of sp³-hybridized carbons (Fsp3) is 0.333. The Morgan fingerprint density at radius 3 is 2.50 bits per heavy atom. The maximum absolute atomic E-state index is 13.1. The van der Waals surface area contributed by atoms with E-state index in [1.54, 1.807) is 24.3 Å². The number of amides is 1. The normalized spacial score (nSPS) is 15.5. The molecule has 0 bridgehead atoms. The lowest BCUT2D eigenvalue weighted by Gasteiger charge is -2.30.